The van der Waals surface area contributed by atoms with Gasteiger partial charge in [0.2, 0.25) is 0 Å². The van der Waals surface area contributed by atoms with Crippen molar-refractivity contribution in [1.82, 2.24) is 4.90 Å². The summed E-state index contributed by atoms with van der Waals surface area (Å²) < 4.78 is 11.2. The zero-order chi connectivity index (χ0) is 19.9. The molecule has 0 heterocycles. The topological polar surface area (TPSA) is 38.8 Å². The highest BCUT2D eigenvalue weighted by molar-refractivity contribution is 5.94. The van der Waals surface area contributed by atoms with Crippen LogP contribution in [-0.2, 0) is 0 Å². The lowest BCUT2D eigenvalue weighted by atomic mass is 9.94. The third-order valence-electron chi connectivity index (χ3n) is 4.24. The number of methoxy groups -OCH3 is 1. The van der Waals surface area contributed by atoms with Crippen LogP contribution in [0.1, 0.15) is 16.7 Å². The summed E-state index contributed by atoms with van der Waals surface area (Å²) in [6.07, 6.45) is 1.62. The second-order valence-corrected chi connectivity index (χ2v) is 6.43. The summed E-state index contributed by atoms with van der Waals surface area (Å²) in [5.41, 5.74) is 3.78. The third kappa shape index (κ3) is 4.41. The zero-order valence-corrected chi connectivity index (χ0v) is 16.3. The molecule has 0 aliphatic heterocycles. The van der Waals surface area contributed by atoms with Crippen molar-refractivity contribution in [3.05, 3.63) is 95.6 Å². The predicted octanol–water partition coefficient (Wildman–Crippen LogP) is 5.34. The molecular weight excluding hydrogens is 350 g/mol. The van der Waals surface area contributed by atoms with Crippen LogP contribution in [0.5, 0.6) is 11.5 Å². The lowest BCUT2D eigenvalue weighted by Crippen LogP contribution is -2.25. The van der Waals surface area contributed by atoms with Crippen LogP contribution in [0.4, 0.5) is 4.79 Å². The Kier molecular flexibility index (Phi) is 6.12. The summed E-state index contributed by atoms with van der Waals surface area (Å²) in [5.74, 6) is 0.900. The number of ether oxygens (including phenoxy) is 2. The molecule has 3 aromatic carbocycles. The first kappa shape index (κ1) is 19.2. The van der Waals surface area contributed by atoms with Crippen molar-refractivity contribution in [2.45, 2.75) is 0 Å². The molecule has 0 aliphatic carbocycles. The van der Waals surface area contributed by atoms with Gasteiger partial charge in [-0.1, -0.05) is 72.8 Å². The number of benzene rings is 3. The van der Waals surface area contributed by atoms with Crippen molar-refractivity contribution in [2.24, 2.45) is 0 Å². The average molecular weight is 373 g/mol. The first-order valence-electron chi connectivity index (χ1n) is 8.99. The van der Waals surface area contributed by atoms with Crippen molar-refractivity contribution in [3.8, 4) is 11.5 Å². The SMILES string of the molecule is COc1cccc(/C(=C/c2ccccc2)c2ccccc2)c1OC(=O)N(C)C. The van der Waals surface area contributed by atoms with E-state index in [0.717, 1.165) is 22.3 Å². The van der Waals surface area contributed by atoms with Gasteiger partial charge in [-0.3, -0.25) is 0 Å². The van der Waals surface area contributed by atoms with Crippen LogP contribution in [0.25, 0.3) is 11.6 Å². The molecule has 0 radical (unpaired) electrons. The Morgan fingerprint density at radius 3 is 2.11 bits per heavy atom. The van der Waals surface area contributed by atoms with Crippen LogP contribution in [0, 0.1) is 0 Å². The molecule has 3 rings (SSSR count). The van der Waals surface area contributed by atoms with E-state index in [1.807, 2.05) is 72.8 Å². The monoisotopic (exact) mass is 373 g/mol. The Morgan fingerprint density at radius 2 is 1.50 bits per heavy atom. The van der Waals surface area contributed by atoms with Crippen LogP contribution >= 0.6 is 0 Å². The van der Waals surface area contributed by atoms with E-state index < -0.39 is 6.09 Å². The van der Waals surface area contributed by atoms with Crippen molar-refractivity contribution in [2.75, 3.05) is 21.2 Å². The van der Waals surface area contributed by atoms with Crippen molar-refractivity contribution in [1.29, 1.82) is 0 Å². The summed E-state index contributed by atoms with van der Waals surface area (Å²) >= 11 is 0. The van der Waals surface area contributed by atoms with Crippen LogP contribution in [0.15, 0.2) is 78.9 Å². The van der Waals surface area contributed by atoms with E-state index in [1.165, 1.54) is 4.90 Å². The lowest BCUT2D eigenvalue weighted by molar-refractivity contribution is 0.170. The van der Waals surface area contributed by atoms with Gasteiger partial charge in [0, 0.05) is 19.7 Å². The van der Waals surface area contributed by atoms with Crippen LogP contribution in [-0.4, -0.2) is 32.2 Å². The van der Waals surface area contributed by atoms with Gasteiger partial charge in [-0.2, -0.15) is 0 Å². The number of rotatable bonds is 5. The highest BCUT2D eigenvalue weighted by atomic mass is 16.6. The van der Waals surface area contributed by atoms with E-state index in [9.17, 15) is 4.79 Å². The van der Waals surface area contributed by atoms with Gasteiger partial charge >= 0.3 is 6.09 Å². The molecule has 3 aromatic rings. The Hall–Kier alpha value is -3.53. The second-order valence-electron chi connectivity index (χ2n) is 6.43. The fourth-order valence-electron chi connectivity index (χ4n) is 2.82. The fraction of sp³-hybridized carbons (Fsp3) is 0.125. The largest absolute Gasteiger partial charge is 0.493 e. The summed E-state index contributed by atoms with van der Waals surface area (Å²) in [6, 6.07) is 25.7. The lowest BCUT2D eigenvalue weighted by Gasteiger charge is -2.18. The van der Waals surface area contributed by atoms with Gasteiger partial charge in [0.25, 0.3) is 0 Å². The number of carbonyl (C=O) groups is 1. The normalized spacial score (nSPS) is 11.0. The standard InChI is InChI=1S/C24H23NO3/c1-25(2)24(26)28-23-20(15-10-16-22(23)27-3)21(19-13-8-5-9-14-19)17-18-11-6-4-7-12-18/h4-17H,1-3H3/b21-17+. The molecule has 0 bridgehead atoms. The minimum absolute atomic E-state index is 0.398. The smallest absolute Gasteiger partial charge is 0.414 e. The molecule has 0 atom stereocenters. The van der Waals surface area contributed by atoms with E-state index in [-0.39, 0.29) is 0 Å². The van der Waals surface area contributed by atoms with Crippen LogP contribution < -0.4 is 9.47 Å². The molecule has 0 aliphatic rings. The van der Waals surface area contributed by atoms with Crippen molar-refractivity contribution >= 4 is 17.7 Å². The molecule has 1 amide bonds. The van der Waals surface area contributed by atoms with Gasteiger partial charge in [0.15, 0.2) is 11.5 Å². The van der Waals surface area contributed by atoms with E-state index in [4.69, 9.17) is 9.47 Å². The van der Waals surface area contributed by atoms with E-state index in [1.54, 1.807) is 27.3 Å². The minimum atomic E-state index is -0.460. The molecule has 0 unspecified atom stereocenters. The maximum absolute atomic E-state index is 12.3. The zero-order valence-electron chi connectivity index (χ0n) is 16.3. The van der Waals surface area contributed by atoms with E-state index >= 15 is 0 Å². The Balaban J connectivity index is 2.20. The number of amides is 1. The first-order valence-corrected chi connectivity index (χ1v) is 8.99. The molecule has 0 saturated carbocycles. The maximum atomic E-state index is 12.3. The first-order chi connectivity index (χ1) is 13.6. The summed E-state index contributed by atoms with van der Waals surface area (Å²) in [5, 5.41) is 0. The van der Waals surface area contributed by atoms with Gasteiger partial charge in [-0.25, -0.2) is 4.79 Å². The fourth-order valence-corrected chi connectivity index (χ4v) is 2.82. The van der Waals surface area contributed by atoms with Crippen LogP contribution in [0.3, 0.4) is 0 Å². The number of carbonyl (C=O) groups excluding carboxylic acids is 1. The van der Waals surface area contributed by atoms with Crippen LogP contribution in [0.2, 0.25) is 0 Å². The van der Waals surface area contributed by atoms with Gasteiger partial charge < -0.3 is 14.4 Å². The van der Waals surface area contributed by atoms with Gasteiger partial charge in [0.05, 0.1) is 7.11 Å². The Morgan fingerprint density at radius 1 is 0.857 bits per heavy atom. The molecule has 4 heteroatoms. The molecular formula is C24H23NO3. The number of para-hydroxylation sites is 1. The molecule has 0 aromatic heterocycles. The summed E-state index contributed by atoms with van der Waals surface area (Å²) in [6.45, 7) is 0. The van der Waals surface area contributed by atoms with Crippen molar-refractivity contribution < 1.29 is 14.3 Å². The second kappa shape index (κ2) is 8.91. The predicted molar refractivity (Wildman–Crippen MR) is 113 cm³/mol. The highest BCUT2D eigenvalue weighted by Crippen LogP contribution is 2.39. The minimum Gasteiger partial charge on any atom is -0.493 e. The Bertz CT molecular complexity index is 964. The number of hydrogen-bond donors (Lipinski definition) is 0. The molecule has 28 heavy (non-hydrogen) atoms. The van der Waals surface area contributed by atoms with Gasteiger partial charge in [0.1, 0.15) is 0 Å². The summed E-state index contributed by atoms with van der Waals surface area (Å²) in [4.78, 5) is 13.7. The molecule has 142 valence electrons. The molecule has 0 saturated heterocycles. The average Bonchev–Trinajstić information content (AvgIpc) is 2.73. The molecule has 0 N–H and O–H groups in total. The number of nitrogens with zero attached hydrogens (tertiary/aromatic N) is 1. The Labute approximate surface area is 165 Å². The molecule has 0 fully saturated rings. The summed E-state index contributed by atoms with van der Waals surface area (Å²) in [7, 11) is 4.86. The quantitative estimate of drug-likeness (QED) is 0.566. The van der Waals surface area contributed by atoms with Crippen molar-refractivity contribution in [3.63, 3.8) is 0 Å². The molecule has 0 spiro atoms. The van der Waals surface area contributed by atoms with Gasteiger partial charge in [-0.05, 0) is 28.8 Å². The van der Waals surface area contributed by atoms with E-state index in [0.29, 0.717) is 11.5 Å². The van der Waals surface area contributed by atoms with E-state index in [2.05, 4.69) is 6.08 Å². The number of hydrogen-bond acceptors (Lipinski definition) is 3. The maximum Gasteiger partial charge on any atom is 0.414 e. The molecule has 4 nitrogen and oxygen atoms in total. The highest BCUT2D eigenvalue weighted by Gasteiger charge is 2.19. The third-order valence-corrected chi connectivity index (χ3v) is 4.24. The van der Waals surface area contributed by atoms with Gasteiger partial charge in [-0.15, -0.1) is 0 Å².